The van der Waals surface area contributed by atoms with Gasteiger partial charge in [-0.15, -0.1) is 0 Å². The number of hydrogen-bond donors (Lipinski definition) is 0. The van der Waals surface area contributed by atoms with Crippen LogP contribution in [0.4, 0.5) is 11.4 Å². The first kappa shape index (κ1) is 21.9. The van der Waals surface area contributed by atoms with Gasteiger partial charge in [-0.3, -0.25) is 9.69 Å². The number of anilines is 2. The minimum atomic E-state index is 0.130. The molecule has 32 heavy (non-hydrogen) atoms. The number of amides is 1. The first-order valence-electron chi connectivity index (χ1n) is 11.2. The van der Waals surface area contributed by atoms with Crippen LogP contribution in [-0.2, 0) is 11.3 Å². The fourth-order valence-corrected chi connectivity index (χ4v) is 4.20. The van der Waals surface area contributed by atoms with Gasteiger partial charge in [0.05, 0.1) is 25.9 Å². The minimum Gasteiger partial charge on any atom is -0.495 e. The molecule has 0 aliphatic carbocycles. The summed E-state index contributed by atoms with van der Waals surface area (Å²) in [5.41, 5.74) is 4.35. The molecule has 1 heterocycles. The highest BCUT2D eigenvalue weighted by Gasteiger charge is 2.24. The summed E-state index contributed by atoms with van der Waals surface area (Å²) in [7, 11) is 1.71. The molecule has 0 radical (unpaired) electrons. The van der Waals surface area contributed by atoms with E-state index >= 15 is 0 Å². The lowest BCUT2D eigenvalue weighted by Crippen LogP contribution is -2.50. The standard InChI is InChI=1S/C27H31N3O2/c1-22-9-8-12-24(19-22)30(20-23-10-4-3-5-11-23)27(31)21-28-15-17-29(18-16-28)25-13-6-7-14-26(25)32-2/h3-14,19H,15-18,20-21H2,1-2H3. The Labute approximate surface area is 190 Å². The van der Waals surface area contributed by atoms with Crippen LogP contribution in [0.2, 0.25) is 0 Å². The second-order valence-electron chi connectivity index (χ2n) is 8.24. The second kappa shape index (κ2) is 10.3. The molecule has 5 heteroatoms. The van der Waals surface area contributed by atoms with Crippen molar-refractivity contribution >= 4 is 17.3 Å². The summed E-state index contributed by atoms with van der Waals surface area (Å²) < 4.78 is 5.52. The molecule has 4 rings (SSSR count). The van der Waals surface area contributed by atoms with Gasteiger partial charge >= 0.3 is 0 Å². The van der Waals surface area contributed by atoms with Crippen molar-refractivity contribution in [3.8, 4) is 5.75 Å². The topological polar surface area (TPSA) is 36.0 Å². The van der Waals surface area contributed by atoms with Gasteiger partial charge in [-0.05, 0) is 42.3 Å². The molecule has 0 unspecified atom stereocenters. The molecule has 1 aliphatic heterocycles. The number of piperazine rings is 1. The van der Waals surface area contributed by atoms with Crippen LogP contribution in [0.3, 0.4) is 0 Å². The molecule has 3 aromatic carbocycles. The molecule has 0 aromatic heterocycles. The van der Waals surface area contributed by atoms with E-state index in [-0.39, 0.29) is 5.91 Å². The van der Waals surface area contributed by atoms with E-state index in [2.05, 4.69) is 47.1 Å². The maximum atomic E-state index is 13.4. The summed E-state index contributed by atoms with van der Waals surface area (Å²) in [5, 5.41) is 0. The maximum absolute atomic E-state index is 13.4. The predicted molar refractivity (Wildman–Crippen MR) is 130 cm³/mol. The van der Waals surface area contributed by atoms with Crippen LogP contribution in [0.25, 0.3) is 0 Å². The molecule has 0 N–H and O–H groups in total. The van der Waals surface area contributed by atoms with Gasteiger partial charge in [-0.1, -0.05) is 54.6 Å². The number of para-hydroxylation sites is 2. The Morgan fingerprint density at radius 3 is 2.34 bits per heavy atom. The van der Waals surface area contributed by atoms with Crippen molar-refractivity contribution in [3.63, 3.8) is 0 Å². The third kappa shape index (κ3) is 5.29. The zero-order valence-electron chi connectivity index (χ0n) is 18.9. The summed E-state index contributed by atoms with van der Waals surface area (Å²) in [6.07, 6.45) is 0. The van der Waals surface area contributed by atoms with Crippen LogP contribution in [-0.4, -0.2) is 50.6 Å². The molecule has 3 aromatic rings. The summed E-state index contributed by atoms with van der Waals surface area (Å²) in [6, 6.07) is 26.5. The highest BCUT2D eigenvalue weighted by molar-refractivity contribution is 5.94. The fourth-order valence-electron chi connectivity index (χ4n) is 4.20. The van der Waals surface area contributed by atoms with Gasteiger partial charge in [-0.25, -0.2) is 0 Å². The number of nitrogens with zero attached hydrogens (tertiary/aromatic N) is 3. The van der Waals surface area contributed by atoms with E-state index in [9.17, 15) is 4.79 Å². The molecule has 1 fully saturated rings. The first-order chi connectivity index (χ1) is 15.6. The lowest BCUT2D eigenvalue weighted by Gasteiger charge is -2.37. The molecular formula is C27H31N3O2. The molecule has 0 spiro atoms. The Balaban J connectivity index is 1.43. The van der Waals surface area contributed by atoms with E-state index in [0.717, 1.165) is 54.4 Å². The fraction of sp³-hybridized carbons (Fsp3) is 0.296. The third-order valence-electron chi connectivity index (χ3n) is 5.95. The Bertz CT molecular complexity index is 1030. The van der Waals surface area contributed by atoms with Crippen molar-refractivity contribution in [3.05, 3.63) is 90.0 Å². The zero-order valence-corrected chi connectivity index (χ0v) is 18.9. The van der Waals surface area contributed by atoms with Crippen LogP contribution < -0.4 is 14.5 Å². The van der Waals surface area contributed by atoms with Crippen molar-refractivity contribution in [1.82, 2.24) is 4.90 Å². The van der Waals surface area contributed by atoms with Crippen molar-refractivity contribution in [2.45, 2.75) is 13.5 Å². The van der Waals surface area contributed by atoms with Gasteiger partial charge in [0.15, 0.2) is 0 Å². The lowest BCUT2D eigenvalue weighted by molar-refractivity contribution is -0.120. The molecule has 5 nitrogen and oxygen atoms in total. The highest BCUT2D eigenvalue weighted by Crippen LogP contribution is 2.28. The van der Waals surface area contributed by atoms with Gasteiger partial charge in [-0.2, -0.15) is 0 Å². The largest absolute Gasteiger partial charge is 0.495 e. The molecule has 0 atom stereocenters. The van der Waals surface area contributed by atoms with Crippen molar-refractivity contribution in [2.75, 3.05) is 49.6 Å². The highest BCUT2D eigenvalue weighted by atomic mass is 16.5. The van der Waals surface area contributed by atoms with Gasteiger partial charge in [0.25, 0.3) is 0 Å². The Hall–Kier alpha value is -3.31. The van der Waals surface area contributed by atoms with Crippen molar-refractivity contribution < 1.29 is 9.53 Å². The first-order valence-corrected chi connectivity index (χ1v) is 11.2. The summed E-state index contributed by atoms with van der Waals surface area (Å²) in [4.78, 5) is 19.9. The molecule has 1 aliphatic rings. The average molecular weight is 430 g/mol. The molecular weight excluding hydrogens is 398 g/mol. The molecule has 1 saturated heterocycles. The number of benzene rings is 3. The van der Waals surface area contributed by atoms with Gasteiger partial charge in [0.1, 0.15) is 5.75 Å². The quantitative estimate of drug-likeness (QED) is 0.559. The zero-order chi connectivity index (χ0) is 22.3. The third-order valence-corrected chi connectivity index (χ3v) is 5.95. The average Bonchev–Trinajstić information content (AvgIpc) is 2.83. The van der Waals surface area contributed by atoms with Gasteiger partial charge in [0, 0.05) is 31.9 Å². The van der Waals surface area contributed by atoms with E-state index in [1.165, 1.54) is 0 Å². The number of hydrogen-bond acceptors (Lipinski definition) is 4. The number of aryl methyl sites for hydroxylation is 1. The monoisotopic (exact) mass is 429 g/mol. The van der Waals surface area contributed by atoms with Crippen LogP contribution in [0, 0.1) is 6.92 Å². The summed E-state index contributed by atoms with van der Waals surface area (Å²) >= 11 is 0. The van der Waals surface area contributed by atoms with Crippen molar-refractivity contribution in [1.29, 1.82) is 0 Å². The summed E-state index contributed by atoms with van der Waals surface area (Å²) in [6.45, 7) is 6.48. The Morgan fingerprint density at radius 2 is 1.62 bits per heavy atom. The normalized spacial score (nSPS) is 14.2. The minimum absolute atomic E-state index is 0.130. The molecule has 0 saturated carbocycles. The van der Waals surface area contributed by atoms with Crippen LogP contribution in [0.15, 0.2) is 78.9 Å². The van der Waals surface area contributed by atoms with Crippen molar-refractivity contribution in [2.24, 2.45) is 0 Å². The number of carbonyl (C=O) groups excluding carboxylic acids is 1. The smallest absolute Gasteiger partial charge is 0.241 e. The van der Waals surface area contributed by atoms with E-state index in [4.69, 9.17) is 4.74 Å². The lowest BCUT2D eigenvalue weighted by atomic mass is 10.1. The van der Waals surface area contributed by atoms with E-state index in [1.54, 1.807) is 7.11 Å². The van der Waals surface area contributed by atoms with E-state index < -0.39 is 0 Å². The number of rotatable bonds is 7. The van der Waals surface area contributed by atoms with E-state index in [0.29, 0.717) is 13.1 Å². The number of ether oxygens (including phenoxy) is 1. The van der Waals surface area contributed by atoms with E-state index in [1.807, 2.05) is 53.4 Å². The Kier molecular flexibility index (Phi) is 7.07. The number of carbonyl (C=O) groups is 1. The maximum Gasteiger partial charge on any atom is 0.241 e. The molecule has 166 valence electrons. The second-order valence-corrected chi connectivity index (χ2v) is 8.24. The van der Waals surface area contributed by atoms with Gasteiger partial charge < -0.3 is 14.5 Å². The SMILES string of the molecule is COc1ccccc1N1CCN(CC(=O)N(Cc2ccccc2)c2cccc(C)c2)CC1. The molecule has 0 bridgehead atoms. The summed E-state index contributed by atoms with van der Waals surface area (Å²) in [5.74, 6) is 1.02. The van der Waals surface area contributed by atoms with Crippen LogP contribution in [0.5, 0.6) is 5.75 Å². The van der Waals surface area contributed by atoms with Crippen LogP contribution >= 0.6 is 0 Å². The predicted octanol–water partition coefficient (Wildman–Crippen LogP) is 4.36. The Morgan fingerprint density at radius 1 is 0.906 bits per heavy atom. The molecule has 1 amide bonds. The number of methoxy groups -OCH3 is 1. The van der Waals surface area contributed by atoms with Gasteiger partial charge in [0.2, 0.25) is 5.91 Å². The van der Waals surface area contributed by atoms with Crippen LogP contribution in [0.1, 0.15) is 11.1 Å².